The maximum atomic E-state index is 4.31. The van der Waals surface area contributed by atoms with Crippen molar-refractivity contribution in [2.24, 2.45) is 10.9 Å². The lowest BCUT2D eigenvalue weighted by Crippen LogP contribution is -2.47. The van der Waals surface area contributed by atoms with E-state index in [2.05, 4.69) is 9.89 Å². The van der Waals surface area contributed by atoms with Crippen molar-refractivity contribution in [3.05, 3.63) is 0 Å². The molecule has 0 atom stereocenters. The van der Waals surface area contributed by atoms with Gasteiger partial charge in [-0.15, -0.1) is 0 Å². The summed E-state index contributed by atoms with van der Waals surface area (Å²) in [6.45, 7) is 3.77. The summed E-state index contributed by atoms with van der Waals surface area (Å²) in [6.07, 6.45) is 2.71. The standard InChI is InChI=1S/C8H14N2/c1-9-8-6-10-4-2-7(8)3-5-10/h7H,2-6H2,1H3/b9-8-. The molecule has 10 heavy (non-hydrogen) atoms. The number of piperidine rings is 3. The van der Waals surface area contributed by atoms with Crippen LogP contribution in [-0.4, -0.2) is 37.3 Å². The number of aliphatic imine (C=N–C) groups is 1. The van der Waals surface area contributed by atoms with Gasteiger partial charge < -0.3 is 0 Å². The molecule has 0 unspecified atom stereocenters. The third-order valence-corrected chi connectivity index (χ3v) is 2.73. The van der Waals surface area contributed by atoms with Gasteiger partial charge in [-0.1, -0.05) is 0 Å². The Hall–Kier alpha value is -0.370. The summed E-state index contributed by atoms with van der Waals surface area (Å²) in [7, 11) is 1.93. The highest BCUT2D eigenvalue weighted by atomic mass is 15.2. The Morgan fingerprint density at radius 3 is 2.40 bits per heavy atom. The topological polar surface area (TPSA) is 15.6 Å². The SMILES string of the molecule is C/N=C1/CN2CCC1CC2. The minimum absolute atomic E-state index is 0.843. The number of hydrogen-bond donors (Lipinski definition) is 0. The van der Waals surface area contributed by atoms with Crippen LogP contribution in [0.15, 0.2) is 4.99 Å². The van der Waals surface area contributed by atoms with Crippen LogP contribution in [-0.2, 0) is 0 Å². The molecule has 3 aliphatic rings. The Kier molecular flexibility index (Phi) is 1.49. The van der Waals surface area contributed by atoms with E-state index in [4.69, 9.17) is 0 Å². The summed E-state index contributed by atoms with van der Waals surface area (Å²) in [5.74, 6) is 0.843. The molecule has 3 fully saturated rings. The molecule has 0 aromatic rings. The summed E-state index contributed by atoms with van der Waals surface area (Å²) in [6, 6.07) is 0. The van der Waals surface area contributed by atoms with Gasteiger partial charge in [-0.3, -0.25) is 9.89 Å². The molecule has 0 aromatic heterocycles. The number of nitrogens with zero attached hydrogens (tertiary/aromatic N) is 2. The average molecular weight is 138 g/mol. The molecule has 0 N–H and O–H groups in total. The van der Waals surface area contributed by atoms with Crippen molar-refractivity contribution in [1.29, 1.82) is 0 Å². The highest BCUT2D eigenvalue weighted by Crippen LogP contribution is 2.24. The Balaban J connectivity index is 2.15. The van der Waals surface area contributed by atoms with Gasteiger partial charge in [-0.25, -0.2) is 0 Å². The van der Waals surface area contributed by atoms with E-state index < -0.39 is 0 Å². The van der Waals surface area contributed by atoms with E-state index in [-0.39, 0.29) is 0 Å². The molecule has 2 heteroatoms. The Morgan fingerprint density at radius 2 is 2.10 bits per heavy atom. The van der Waals surface area contributed by atoms with Gasteiger partial charge in [0.05, 0.1) is 0 Å². The predicted molar refractivity (Wildman–Crippen MR) is 42.5 cm³/mol. The first kappa shape index (κ1) is 6.35. The van der Waals surface area contributed by atoms with Crippen molar-refractivity contribution in [3.63, 3.8) is 0 Å². The second-order valence-corrected chi connectivity index (χ2v) is 3.27. The van der Waals surface area contributed by atoms with Crippen LogP contribution in [0, 0.1) is 5.92 Å². The van der Waals surface area contributed by atoms with Crippen LogP contribution in [0.4, 0.5) is 0 Å². The Bertz CT molecular complexity index is 155. The molecule has 3 rings (SSSR count). The molecule has 56 valence electrons. The van der Waals surface area contributed by atoms with Gasteiger partial charge in [0.2, 0.25) is 0 Å². The van der Waals surface area contributed by atoms with Crippen LogP contribution in [0.5, 0.6) is 0 Å². The summed E-state index contributed by atoms with van der Waals surface area (Å²) in [5.41, 5.74) is 1.44. The molecule has 0 radical (unpaired) electrons. The first-order valence-corrected chi connectivity index (χ1v) is 4.08. The van der Waals surface area contributed by atoms with Gasteiger partial charge >= 0.3 is 0 Å². The zero-order chi connectivity index (χ0) is 6.97. The molecular weight excluding hydrogens is 124 g/mol. The average Bonchev–Trinajstić information content (AvgIpc) is 2.06. The van der Waals surface area contributed by atoms with E-state index in [9.17, 15) is 0 Å². The van der Waals surface area contributed by atoms with Gasteiger partial charge in [0.1, 0.15) is 0 Å². The molecule has 3 aliphatic heterocycles. The second kappa shape index (κ2) is 2.35. The van der Waals surface area contributed by atoms with Crippen LogP contribution in [0.25, 0.3) is 0 Å². The number of hydrogen-bond acceptors (Lipinski definition) is 2. The molecular formula is C8H14N2. The summed E-state index contributed by atoms with van der Waals surface area (Å²) >= 11 is 0. The lowest BCUT2D eigenvalue weighted by molar-refractivity contribution is 0.200. The summed E-state index contributed by atoms with van der Waals surface area (Å²) < 4.78 is 0. The van der Waals surface area contributed by atoms with Crippen LogP contribution in [0.3, 0.4) is 0 Å². The summed E-state index contributed by atoms with van der Waals surface area (Å²) in [5, 5.41) is 0. The lowest BCUT2D eigenvalue weighted by atomic mass is 9.86. The van der Waals surface area contributed by atoms with Gasteiger partial charge in [0.15, 0.2) is 0 Å². The van der Waals surface area contributed by atoms with E-state index in [0.717, 1.165) is 12.5 Å². The minimum Gasteiger partial charge on any atom is -0.298 e. The largest absolute Gasteiger partial charge is 0.298 e. The van der Waals surface area contributed by atoms with E-state index in [1.807, 2.05) is 7.05 Å². The van der Waals surface area contributed by atoms with Crippen molar-refractivity contribution < 1.29 is 0 Å². The van der Waals surface area contributed by atoms with Crippen LogP contribution >= 0.6 is 0 Å². The first-order chi connectivity index (χ1) is 4.90. The molecule has 0 aliphatic carbocycles. The van der Waals surface area contributed by atoms with Crippen molar-refractivity contribution >= 4 is 5.71 Å². The van der Waals surface area contributed by atoms with Gasteiger partial charge in [-0.05, 0) is 25.9 Å². The summed E-state index contributed by atoms with van der Waals surface area (Å²) in [4.78, 5) is 6.81. The van der Waals surface area contributed by atoms with Gasteiger partial charge in [-0.2, -0.15) is 0 Å². The number of fused-ring (bicyclic) bond motifs is 3. The maximum absolute atomic E-state index is 4.31. The monoisotopic (exact) mass is 138 g/mol. The minimum atomic E-state index is 0.843. The zero-order valence-electron chi connectivity index (χ0n) is 6.51. The third-order valence-electron chi connectivity index (χ3n) is 2.73. The number of rotatable bonds is 0. The van der Waals surface area contributed by atoms with Gasteiger partial charge in [0, 0.05) is 25.2 Å². The second-order valence-electron chi connectivity index (χ2n) is 3.27. The van der Waals surface area contributed by atoms with Gasteiger partial charge in [0.25, 0.3) is 0 Å². The lowest BCUT2D eigenvalue weighted by Gasteiger charge is -2.39. The molecule has 0 spiro atoms. The molecule has 0 amide bonds. The molecule has 2 nitrogen and oxygen atoms in total. The van der Waals surface area contributed by atoms with E-state index in [1.165, 1.54) is 31.6 Å². The Morgan fingerprint density at radius 1 is 1.40 bits per heavy atom. The molecule has 2 bridgehead atoms. The molecule has 3 saturated heterocycles. The Labute approximate surface area is 61.9 Å². The van der Waals surface area contributed by atoms with Crippen LogP contribution < -0.4 is 0 Å². The fourth-order valence-electron chi connectivity index (χ4n) is 2.04. The van der Waals surface area contributed by atoms with E-state index in [0.29, 0.717) is 0 Å². The molecule has 0 aromatic carbocycles. The fourth-order valence-corrected chi connectivity index (χ4v) is 2.04. The molecule has 0 saturated carbocycles. The smallest absolute Gasteiger partial charge is 0.0366 e. The van der Waals surface area contributed by atoms with Crippen molar-refractivity contribution in [1.82, 2.24) is 4.90 Å². The third kappa shape index (κ3) is 0.870. The molecule has 3 heterocycles. The quantitative estimate of drug-likeness (QED) is 0.483. The highest BCUT2D eigenvalue weighted by molar-refractivity contribution is 5.89. The van der Waals surface area contributed by atoms with Crippen molar-refractivity contribution in [2.75, 3.05) is 26.7 Å². The van der Waals surface area contributed by atoms with Crippen LogP contribution in [0.2, 0.25) is 0 Å². The van der Waals surface area contributed by atoms with Crippen molar-refractivity contribution in [3.8, 4) is 0 Å². The van der Waals surface area contributed by atoms with E-state index >= 15 is 0 Å². The van der Waals surface area contributed by atoms with Crippen LogP contribution in [0.1, 0.15) is 12.8 Å². The first-order valence-electron chi connectivity index (χ1n) is 4.08. The predicted octanol–water partition coefficient (Wildman–Crippen LogP) is 0.783. The van der Waals surface area contributed by atoms with E-state index in [1.54, 1.807) is 0 Å². The normalized spacial score (nSPS) is 42.7. The highest BCUT2D eigenvalue weighted by Gasteiger charge is 2.29. The maximum Gasteiger partial charge on any atom is 0.0366 e. The van der Waals surface area contributed by atoms with Crippen molar-refractivity contribution in [2.45, 2.75) is 12.8 Å². The zero-order valence-corrected chi connectivity index (χ0v) is 6.51. The fraction of sp³-hybridized carbons (Fsp3) is 0.875.